The molecule has 0 unspecified atom stereocenters. The summed E-state index contributed by atoms with van der Waals surface area (Å²) < 4.78 is 5.58. The maximum atomic E-state index is 12.8. The van der Waals surface area contributed by atoms with Crippen LogP contribution in [0.5, 0.6) is 0 Å². The van der Waals surface area contributed by atoms with Crippen LogP contribution >= 0.6 is 0 Å². The Morgan fingerprint density at radius 3 is 2.36 bits per heavy atom. The van der Waals surface area contributed by atoms with Crippen molar-refractivity contribution in [1.82, 2.24) is 9.80 Å². The second kappa shape index (κ2) is 7.94. The molecular weight excluding hydrogens is 318 g/mol. The lowest BCUT2D eigenvalue weighted by Crippen LogP contribution is -2.56. The summed E-state index contributed by atoms with van der Waals surface area (Å²) in [5.41, 5.74) is 5.59. The molecule has 2 amide bonds. The van der Waals surface area contributed by atoms with Crippen LogP contribution in [-0.4, -0.2) is 58.6 Å². The van der Waals surface area contributed by atoms with E-state index in [1.807, 2.05) is 44.4 Å². The van der Waals surface area contributed by atoms with Gasteiger partial charge in [0.1, 0.15) is 5.60 Å². The number of nitrogens with two attached hydrogens (primary N) is 1. The Morgan fingerprint density at radius 2 is 1.84 bits per heavy atom. The average molecular weight is 354 g/mol. The Bertz CT molecular complexity index is 483. The predicted molar refractivity (Wildman–Crippen MR) is 98.1 cm³/mol. The number of piperidine rings is 1. The van der Waals surface area contributed by atoms with E-state index in [0.717, 1.165) is 38.6 Å². The van der Waals surface area contributed by atoms with Gasteiger partial charge in [-0.15, -0.1) is 0 Å². The van der Waals surface area contributed by atoms with Gasteiger partial charge in [0.15, 0.2) is 0 Å². The van der Waals surface area contributed by atoms with E-state index in [1.54, 1.807) is 0 Å². The largest absolute Gasteiger partial charge is 0.444 e. The smallest absolute Gasteiger partial charge is 0.410 e. The highest BCUT2D eigenvalue weighted by molar-refractivity contribution is 5.82. The quantitative estimate of drug-likeness (QED) is 0.824. The lowest BCUT2D eigenvalue weighted by Gasteiger charge is -2.40. The molecule has 0 aromatic heterocycles. The minimum absolute atomic E-state index is 0.0136. The van der Waals surface area contributed by atoms with Crippen molar-refractivity contribution in [2.45, 2.75) is 90.4 Å². The average Bonchev–Trinajstić information content (AvgIpc) is 3.34. The Kier molecular flexibility index (Phi) is 6.35. The second-order valence-electron chi connectivity index (χ2n) is 8.81. The number of carbonyl (C=O) groups excluding carboxylic acids is 2. The highest BCUT2D eigenvalue weighted by Gasteiger charge is 2.39. The molecule has 0 aromatic rings. The first-order valence-corrected chi connectivity index (χ1v) is 9.66. The van der Waals surface area contributed by atoms with Crippen LogP contribution in [0, 0.1) is 5.92 Å². The summed E-state index contributed by atoms with van der Waals surface area (Å²) in [6, 6.07) is -0.178. The van der Waals surface area contributed by atoms with Crippen molar-refractivity contribution < 1.29 is 14.3 Å². The maximum absolute atomic E-state index is 12.8. The Hall–Kier alpha value is -1.30. The topological polar surface area (TPSA) is 75.9 Å². The van der Waals surface area contributed by atoms with Crippen LogP contribution in [0.3, 0.4) is 0 Å². The number of hydrogen-bond donors (Lipinski definition) is 1. The van der Waals surface area contributed by atoms with Gasteiger partial charge < -0.3 is 20.3 Å². The first kappa shape index (κ1) is 20.0. The molecule has 1 aliphatic carbocycles. The van der Waals surface area contributed by atoms with Gasteiger partial charge >= 0.3 is 6.09 Å². The molecular formula is C19H35N3O3. The fourth-order valence-corrected chi connectivity index (χ4v) is 3.26. The van der Waals surface area contributed by atoms with Gasteiger partial charge in [-0.05, 0) is 58.8 Å². The molecule has 0 aromatic carbocycles. The lowest BCUT2D eigenvalue weighted by atomic mass is 9.97. The van der Waals surface area contributed by atoms with Gasteiger partial charge in [-0.3, -0.25) is 4.79 Å². The van der Waals surface area contributed by atoms with E-state index < -0.39 is 11.6 Å². The van der Waals surface area contributed by atoms with Crippen LogP contribution in [0.25, 0.3) is 0 Å². The number of hydrogen-bond acceptors (Lipinski definition) is 4. The Morgan fingerprint density at radius 1 is 1.20 bits per heavy atom. The van der Waals surface area contributed by atoms with Crippen molar-refractivity contribution in [3.8, 4) is 0 Å². The molecule has 1 heterocycles. The Labute approximate surface area is 152 Å². The minimum Gasteiger partial charge on any atom is -0.444 e. The van der Waals surface area contributed by atoms with Crippen molar-refractivity contribution in [2.75, 3.05) is 13.1 Å². The third-order valence-electron chi connectivity index (χ3n) is 4.94. The van der Waals surface area contributed by atoms with Crippen LogP contribution in [0.4, 0.5) is 4.79 Å². The van der Waals surface area contributed by atoms with E-state index >= 15 is 0 Å². The van der Waals surface area contributed by atoms with E-state index in [-0.39, 0.29) is 30.0 Å². The molecule has 0 bridgehead atoms. The fraction of sp³-hybridized carbons (Fsp3) is 0.895. The third kappa shape index (κ3) is 5.59. The van der Waals surface area contributed by atoms with Crippen LogP contribution in [0.15, 0.2) is 0 Å². The van der Waals surface area contributed by atoms with E-state index in [1.165, 1.54) is 0 Å². The molecule has 2 aliphatic rings. The van der Waals surface area contributed by atoms with Crippen molar-refractivity contribution in [3.05, 3.63) is 0 Å². The van der Waals surface area contributed by atoms with Gasteiger partial charge in [0.25, 0.3) is 0 Å². The van der Waals surface area contributed by atoms with Crippen molar-refractivity contribution in [1.29, 1.82) is 0 Å². The number of carbonyl (C=O) groups is 2. The van der Waals surface area contributed by atoms with E-state index in [9.17, 15) is 9.59 Å². The summed E-state index contributed by atoms with van der Waals surface area (Å²) in [7, 11) is 0. The lowest BCUT2D eigenvalue weighted by molar-refractivity contribution is -0.137. The zero-order valence-electron chi connectivity index (χ0n) is 16.5. The number of amides is 2. The fourth-order valence-electron chi connectivity index (χ4n) is 3.26. The summed E-state index contributed by atoms with van der Waals surface area (Å²) in [6.07, 6.45) is 4.78. The molecule has 2 atom stereocenters. The third-order valence-corrected chi connectivity index (χ3v) is 4.94. The standard InChI is InChI=1S/C19H35N3O3/c1-13(2)16(20)17(23)21-11-7-6-8-15(21)12-22(14-9-10-14)18(24)25-19(3,4)5/h13-16H,6-12,20H2,1-5H3/t15-,16+/m1/s1. The molecule has 144 valence electrons. The van der Waals surface area contributed by atoms with Crippen molar-refractivity contribution >= 4 is 12.0 Å². The molecule has 6 nitrogen and oxygen atoms in total. The zero-order chi connectivity index (χ0) is 18.8. The van der Waals surface area contributed by atoms with Crippen LogP contribution in [0.1, 0.15) is 66.7 Å². The highest BCUT2D eigenvalue weighted by Crippen LogP contribution is 2.30. The van der Waals surface area contributed by atoms with Gasteiger partial charge in [-0.2, -0.15) is 0 Å². The van der Waals surface area contributed by atoms with Crippen LogP contribution < -0.4 is 5.73 Å². The zero-order valence-corrected chi connectivity index (χ0v) is 16.5. The van der Waals surface area contributed by atoms with E-state index in [4.69, 9.17) is 10.5 Å². The molecule has 1 aliphatic heterocycles. The molecule has 2 N–H and O–H groups in total. The van der Waals surface area contributed by atoms with Gasteiger partial charge in [0, 0.05) is 25.2 Å². The number of ether oxygens (including phenoxy) is 1. The summed E-state index contributed by atoms with van der Waals surface area (Å²) in [5, 5.41) is 0. The number of nitrogens with zero attached hydrogens (tertiary/aromatic N) is 2. The maximum Gasteiger partial charge on any atom is 0.410 e. The van der Waals surface area contributed by atoms with Crippen LogP contribution in [0.2, 0.25) is 0 Å². The number of likely N-dealkylation sites (tertiary alicyclic amines) is 1. The van der Waals surface area contributed by atoms with Crippen molar-refractivity contribution in [3.63, 3.8) is 0 Å². The van der Waals surface area contributed by atoms with Gasteiger partial charge in [-0.25, -0.2) is 4.79 Å². The summed E-state index contributed by atoms with van der Waals surface area (Å²) >= 11 is 0. The molecule has 0 spiro atoms. The minimum atomic E-state index is -0.508. The molecule has 2 rings (SSSR count). The summed E-state index contributed by atoms with van der Waals surface area (Å²) in [4.78, 5) is 29.1. The van der Waals surface area contributed by atoms with Gasteiger partial charge in [0.05, 0.1) is 6.04 Å². The van der Waals surface area contributed by atoms with Crippen molar-refractivity contribution in [2.24, 2.45) is 11.7 Å². The molecule has 1 saturated carbocycles. The van der Waals surface area contributed by atoms with Crippen LogP contribution in [-0.2, 0) is 9.53 Å². The van der Waals surface area contributed by atoms with Gasteiger partial charge in [0.2, 0.25) is 5.91 Å². The normalized spacial score (nSPS) is 22.7. The highest BCUT2D eigenvalue weighted by atomic mass is 16.6. The first-order chi connectivity index (χ1) is 11.6. The molecule has 1 saturated heterocycles. The number of rotatable bonds is 5. The van der Waals surface area contributed by atoms with E-state index in [2.05, 4.69) is 0 Å². The predicted octanol–water partition coefficient (Wildman–Crippen LogP) is 2.75. The summed E-state index contributed by atoms with van der Waals surface area (Å²) in [6.45, 7) is 10.9. The molecule has 25 heavy (non-hydrogen) atoms. The first-order valence-electron chi connectivity index (χ1n) is 9.66. The molecule has 6 heteroatoms. The molecule has 2 fully saturated rings. The SMILES string of the molecule is CC(C)[C@H](N)C(=O)N1CCCC[C@@H]1CN(C(=O)OC(C)(C)C)C1CC1. The Balaban J connectivity index is 2.07. The monoisotopic (exact) mass is 353 g/mol. The molecule has 0 radical (unpaired) electrons. The summed E-state index contributed by atoms with van der Waals surface area (Å²) in [5.74, 6) is 0.125. The van der Waals surface area contributed by atoms with Gasteiger partial charge in [-0.1, -0.05) is 13.8 Å². The van der Waals surface area contributed by atoms with E-state index in [0.29, 0.717) is 6.54 Å². The second-order valence-corrected chi connectivity index (χ2v) is 8.81.